The number of aryl methyl sites for hydroxylation is 1. The molecule has 0 spiro atoms. The fourth-order valence-corrected chi connectivity index (χ4v) is 2.87. The quantitative estimate of drug-likeness (QED) is 0.638. The number of hydrogen-bond acceptors (Lipinski definition) is 3. The van der Waals surface area contributed by atoms with E-state index in [1.165, 1.54) is 4.68 Å². The fraction of sp³-hybridized carbons (Fsp3) is 0.278. The molecule has 0 aliphatic carbocycles. The molecule has 0 radical (unpaired) electrons. The molecule has 2 heterocycles. The van der Waals surface area contributed by atoms with Gasteiger partial charge in [0, 0.05) is 23.6 Å². The Bertz CT molecular complexity index is 971. The summed E-state index contributed by atoms with van der Waals surface area (Å²) in [6.45, 7) is 4.13. The van der Waals surface area contributed by atoms with Crippen molar-refractivity contribution < 1.29 is 0 Å². The van der Waals surface area contributed by atoms with Gasteiger partial charge in [0.1, 0.15) is 5.82 Å². The highest BCUT2D eigenvalue weighted by Gasteiger charge is 2.15. The lowest BCUT2D eigenvalue weighted by molar-refractivity contribution is 0.613. The second-order valence-electron chi connectivity index (χ2n) is 5.85. The Hall–Kier alpha value is -2.21. The van der Waals surface area contributed by atoms with E-state index in [2.05, 4.69) is 34.9 Å². The van der Waals surface area contributed by atoms with Crippen molar-refractivity contribution in [2.45, 2.75) is 26.2 Å². The molecule has 1 aromatic carbocycles. The Balaban J connectivity index is 2.23. The summed E-state index contributed by atoms with van der Waals surface area (Å²) < 4.78 is 4.22. The van der Waals surface area contributed by atoms with Gasteiger partial charge in [0.05, 0.1) is 22.8 Å². The molecular weight excluding hydrogens is 368 g/mol. The summed E-state index contributed by atoms with van der Waals surface area (Å²) in [5, 5.41) is 4.99. The van der Waals surface area contributed by atoms with Crippen LogP contribution in [0.5, 0.6) is 0 Å². The molecule has 3 rings (SSSR count). The van der Waals surface area contributed by atoms with Crippen molar-refractivity contribution in [3.8, 4) is 0 Å². The van der Waals surface area contributed by atoms with Crippen LogP contribution in [0.25, 0.3) is 10.9 Å². The summed E-state index contributed by atoms with van der Waals surface area (Å²) >= 11 is 3.41. The average molecular weight is 387 g/mol. The van der Waals surface area contributed by atoms with Gasteiger partial charge >= 0.3 is 0 Å². The Kier molecular flexibility index (Phi) is 4.66. The number of halogens is 1. The maximum Gasteiger partial charge on any atom is 0.282 e. The van der Waals surface area contributed by atoms with Gasteiger partial charge in [-0.1, -0.05) is 29.8 Å². The third-order valence-corrected chi connectivity index (χ3v) is 4.67. The normalized spacial score (nSPS) is 13.0. The van der Waals surface area contributed by atoms with E-state index < -0.39 is 0 Å². The van der Waals surface area contributed by atoms with Gasteiger partial charge in [0.15, 0.2) is 0 Å². The minimum Gasteiger partial charge on any atom is -0.350 e. The molecule has 24 heavy (non-hydrogen) atoms. The molecular formula is C18H19BrN4O. The van der Waals surface area contributed by atoms with Gasteiger partial charge < -0.3 is 4.57 Å². The van der Waals surface area contributed by atoms with Crippen molar-refractivity contribution in [1.29, 1.82) is 0 Å². The van der Waals surface area contributed by atoms with Gasteiger partial charge in [-0.15, -0.1) is 0 Å². The lowest BCUT2D eigenvalue weighted by atomic mass is 10.1. The van der Waals surface area contributed by atoms with Crippen LogP contribution in [0.1, 0.15) is 37.7 Å². The van der Waals surface area contributed by atoms with E-state index in [1.807, 2.05) is 42.1 Å². The lowest BCUT2D eigenvalue weighted by Crippen LogP contribution is -2.23. The first-order valence-corrected chi connectivity index (χ1v) is 8.68. The third kappa shape index (κ3) is 3.06. The zero-order chi connectivity index (χ0) is 17.3. The van der Waals surface area contributed by atoms with E-state index in [9.17, 15) is 4.79 Å². The van der Waals surface area contributed by atoms with Crippen LogP contribution >= 0.6 is 15.9 Å². The fourth-order valence-electron chi connectivity index (χ4n) is 2.50. The summed E-state index contributed by atoms with van der Waals surface area (Å²) in [5.41, 5.74) is 1.47. The Morgan fingerprint density at radius 1 is 1.38 bits per heavy atom. The average Bonchev–Trinajstić information content (AvgIpc) is 2.98. The van der Waals surface area contributed by atoms with Crippen molar-refractivity contribution in [3.63, 3.8) is 0 Å². The highest BCUT2D eigenvalue weighted by Crippen LogP contribution is 2.20. The summed E-state index contributed by atoms with van der Waals surface area (Å²) in [4.78, 5) is 17.6. The molecule has 6 heteroatoms. The summed E-state index contributed by atoms with van der Waals surface area (Å²) in [6, 6.07) is 9.43. The number of benzene rings is 1. The summed E-state index contributed by atoms with van der Waals surface area (Å²) in [6.07, 6.45) is 4.52. The largest absolute Gasteiger partial charge is 0.350 e. The molecule has 0 amide bonds. The van der Waals surface area contributed by atoms with Crippen LogP contribution in [0.4, 0.5) is 0 Å². The number of hydrogen-bond donors (Lipinski definition) is 0. The molecule has 5 nitrogen and oxygen atoms in total. The van der Waals surface area contributed by atoms with E-state index in [1.54, 1.807) is 12.3 Å². The first-order valence-electron chi connectivity index (χ1n) is 7.89. The van der Waals surface area contributed by atoms with Crippen LogP contribution in [0.3, 0.4) is 0 Å². The zero-order valence-corrected chi connectivity index (χ0v) is 15.5. The van der Waals surface area contributed by atoms with E-state index >= 15 is 0 Å². The van der Waals surface area contributed by atoms with Gasteiger partial charge in [0.2, 0.25) is 0 Å². The third-order valence-electron chi connectivity index (χ3n) is 4.18. The maximum absolute atomic E-state index is 12.9. The zero-order valence-electron chi connectivity index (χ0n) is 13.9. The van der Waals surface area contributed by atoms with E-state index in [-0.39, 0.29) is 11.5 Å². The molecule has 0 saturated carbocycles. The molecule has 1 atom stereocenters. The first-order chi connectivity index (χ1) is 11.5. The molecule has 0 aliphatic heterocycles. The van der Waals surface area contributed by atoms with Crippen LogP contribution in [-0.2, 0) is 7.05 Å². The predicted octanol–water partition coefficient (Wildman–Crippen LogP) is 3.89. The van der Waals surface area contributed by atoms with Gasteiger partial charge in [-0.25, -0.2) is 4.98 Å². The van der Waals surface area contributed by atoms with Gasteiger partial charge in [-0.05, 0) is 36.8 Å². The molecule has 2 aromatic heterocycles. The van der Waals surface area contributed by atoms with Crippen molar-refractivity contribution >= 4 is 33.0 Å². The molecule has 0 fully saturated rings. The van der Waals surface area contributed by atoms with Gasteiger partial charge in [-0.3, -0.25) is 4.79 Å². The SMILES string of the molecule is CC[C@@H](C)c1nc2ccc(Br)cc2c(=O)n1N=Cc1cccn1C. The molecule has 0 bridgehead atoms. The van der Waals surface area contributed by atoms with Crippen LogP contribution in [0.2, 0.25) is 0 Å². The van der Waals surface area contributed by atoms with Crippen molar-refractivity contribution in [3.05, 3.63) is 62.9 Å². The number of nitrogens with zero attached hydrogens (tertiary/aromatic N) is 4. The monoisotopic (exact) mass is 386 g/mol. The molecule has 0 saturated heterocycles. The van der Waals surface area contributed by atoms with Gasteiger partial charge in [0.25, 0.3) is 5.56 Å². The minimum absolute atomic E-state index is 0.135. The number of fused-ring (bicyclic) bond motifs is 1. The Morgan fingerprint density at radius 3 is 2.83 bits per heavy atom. The topological polar surface area (TPSA) is 52.2 Å². The number of rotatable bonds is 4. The predicted molar refractivity (Wildman–Crippen MR) is 101 cm³/mol. The highest BCUT2D eigenvalue weighted by atomic mass is 79.9. The van der Waals surface area contributed by atoms with Crippen molar-refractivity contribution in [2.75, 3.05) is 0 Å². The smallest absolute Gasteiger partial charge is 0.282 e. The van der Waals surface area contributed by atoms with Crippen molar-refractivity contribution in [2.24, 2.45) is 12.1 Å². The standard InChI is InChI=1S/C18H19BrN4O/c1-4-12(2)17-21-16-8-7-13(19)10-15(16)18(24)23(17)20-11-14-6-5-9-22(14)3/h5-12H,4H2,1-3H3/t12-/m1/s1. The summed E-state index contributed by atoms with van der Waals surface area (Å²) in [7, 11) is 1.94. The Labute approximate surface area is 148 Å². The van der Waals surface area contributed by atoms with Crippen LogP contribution in [0, 0.1) is 0 Å². The molecule has 3 aromatic rings. The Morgan fingerprint density at radius 2 is 2.17 bits per heavy atom. The second-order valence-corrected chi connectivity index (χ2v) is 6.76. The maximum atomic E-state index is 12.9. The molecule has 0 aliphatic rings. The lowest BCUT2D eigenvalue weighted by Gasteiger charge is -2.14. The highest BCUT2D eigenvalue weighted by molar-refractivity contribution is 9.10. The van der Waals surface area contributed by atoms with Crippen molar-refractivity contribution in [1.82, 2.24) is 14.2 Å². The van der Waals surface area contributed by atoms with Crippen LogP contribution in [0.15, 0.2) is 50.9 Å². The molecule has 0 unspecified atom stereocenters. The van der Waals surface area contributed by atoms with E-state index in [4.69, 9.17) is 4.98 Å². The molecule has 124 valence electrons. The first kappa shape index (κ1) is 16.6. The molecule has 0 N–H and O–H groups in total. The van der Waals surface area contributed by atoms with E-state index in [0.29, 0.717) is 16.7 Å². The van der Waals surface area contributed by atoms with Crippen LogP contribution < -0.4 is 5.56 Å². The summed E-state index contributed by atoms with van der Waals surface area (Å²) in [5.74, 6) is 0.819. The second kappa shape index (κ2) is 6.73. The number of aromatic nitrogens is 3. The van der Waals surface area contributed by atoms with Gasteiger partial charge in [-0.2, -0.15) is 9.78 Å². The minimum atomic E-state index is -0.151. The van der Waals surface area contributed by atoms with E-state index in [0.717, 1.165) is 16.6 Å². The van der Waals surface area contributed by atoms with Crippen LogP contribution in [-0.4, -0.2) is 20.4 Å².